The molecule has 1 aliphatic carbocycles. The van der Waals surface area contributed by atoms with Gasteiger partial charge in [0.15, 0.2) is 11.3 Å². The molecule has 1 saturated carbocycles. The van der Waals surface area contributed by atoms with Crippen molar-refractivity contribution in [1.29, 1.82) is 0 Å². The number of carbonyl (C=O) groups excluding carboxylic acids is 1. The van der Waals surface area contributed by atoms with Gasteiger partial charge in [-0.3, -0.25) is 9.44 Å². The monoisotopic (exact) mass is 347 g/mol. The highest BCUT2D eigenvalue weighted by atomic mass is 19.1. The van der Waals surface area contributed by atoms with Gasteiger partial charge in [0, 0.05) is 45.1 Å². The number of halogens is 1. The van der Waals surface area contributed by atoms with Crippen molar-refractivity contribution in [3.05, 3.63) is 40.5 Å². The third-order valence-corrected chi connectivity index (χ3v) is 5.03. The molecule has 8 heteroatoms. The molecule has 2 fully saturated rings. The van der Waals surface area contributed by atoms with Gasteiger partial charge in [0.1, 0.15) is 12.0 Å². The lowest BCUT2D eigenvalue weighted by atomic mass is 9.96. The number of rotatable bonds is 3. The molecule has 2 aliphatic heterocycles. The lowest BCUT2D eigenvalue weighted by molar-refractivity contribution is -0.132. The molecule has 1 saturated heterocycles. The van der Waals surface area contributed by atoms with E-state index in [-0.39, 0.29) is 17.3 Å². The molecule has 1 unspecified atom stereocenters. The van der Waals surface area contributed by atoms with Crippen LogP contribution >= 0.6 is 0 Å². The number of carboxylic acids is 1. The summed E-state index contributed by atoms with van der Waals surface area (Å²) in [4.78, 5) is 25.6. The van der Waals surface area contributed by atoms with E-state index in [4.69, 9.17) is 0 Å². The first kappa shape index (κ1) is 16.2. The first-order chi connectivity index (χ1) is 11.9. The zero-order chi connectivity index (χ0) is 17.8. The van der Waals surface area contributed by atoms with Crippen LogP contribution in [0.1, 0.15) is 23.2 Å². The maximum Gasteiger partial charge on any atom is 0.345 e. The van der Waals surface area contributed by atoms with Crippen LogP contribution < -0.4 is 14.9 Å². The van der Waals surface area contributed by atoms with Gasteiger partial charge in [-0.1, -0.05) is 0 Å². The average molecular weight is 347 g/mol. The van der Waals surface area contributed by atoms with Crippen molar-refractivity contribution in [1.82, 2.24) is 9.96 Å². The molecule has 0 bridgehead atoms. The van der Waals surface area contributed by atoms with Crippen LogP contribution in [0.3, 0.4) is 0 Å². The summed E-state index contributed by atoms with van der Waals surface area (Å²) in [6.45, 7) is 2.61. The molecule has 7 nitrogen and oxygen atoms in total. The number of benzene rings is 1. The second kappa shape index (κ2) is 5.62. The van der Waals surface area contributed by atoms with Crippen LogP contribution in [-0.2, 0) is 4.79 Å². The van der Waals surface area contributed by atoms with E-state index in [0.29, 0.717) is 44.7 Å². The maximum atomic E-state index is 14.6. The number of piperazine rings is 1. The second-order valence-corrected chi connectivity index (χ2v) is 6.68. The van der Waals surface area contributed by atoms with Gasteiger partial charge in [0.2, 0.25) is 5.78 Å². The number of ketones is 1. The summed E-state index contributed by atoms with van der Waals surface area (Å²) in [6.07, 6.45) is 2.28. The van der Waals surface area contributed by atoms with Crippen LogP contribution in [0.15, 0.2) is 23.9 Å². The number of Topliss-reactive ketones (excluding diaryl/α,β-unsaturated/α-hetero) is 1. The fourth-order valence-electron chi connectivity index (χ4n) is 3.55. The van der Waals surface area contributed by atoms with Crippen molar-refractivity contribution in [2.75, 3.05) is 31.1 Å². The number of aliphatic carboxylic acids is 1. The van der Waals surface area contributed by atoms with E-state index in [1.807, 2.05) is 4.90 Å². The highest BCUT2D eigenvalue weighted by Crippen LogP contribution is 2.46. The molecule has 3 aliphatic rings. The number of fused-ring (bicyclic) bond motifs is 1. The van der Waals surface area contributed by atoms with Crippen molar-refractivity contribution in [3.63, 3.8) is 0 Å². The van der Waals surface area contributed by atoms with E-state index < -0.39 is 27.8 Å². The number of nitrogens with one attached hydrogen (secondary N) is 1. The fourth-order valence-corrected chi connectivity index (χ4v) is 3.55. The first-order valence-electron chi connectivity index (χ1n) is 8.32. The van der Waals surface area contributed by atoms with Crippen molar-refractivity contribution < 1.29 is 19.1 Å². The van der Waals surface area contributed by atoms with Crippen molar-refractivity contribution in [2.45, 2.75) is 18.9 Å². The van der Waals surface area contributed by atoms with E-state index >= 15 is 0 Å². The highest BCUT2D eigenvalue weighted by Gasteiger charge is 2.47. The minimum Gasteiger partial charge on any atom is -0.622 e. The van der Waals surface area contributed by atoms with Crippen molar-refractivity contribution >= 4 is 23.1 Å². The summed E-state index contributed by atoms with van der Waals surface area (Å²) >= 11 is 0. The van der Waals surface area contributed by atoms with E-state index in [2.05, 4.69) is 5.32 Å². The molecule has 2 heterocycles. The van der Waals surface area contributed by atoms with Crippen molar-refractivity contribution in [3.8, 4) is 0 Å². The van der Waals surface area contributed by atoms with Gasteiger partial charge >= 0.3 is 5.97 Å². The highest BCUT2D eigenvalue weighted by molar-refractivity contribution is 6.26. The van der Waals surface area contributed by atoms with Crippen LogP contribution in [0.25, 0.3) is 0 Å². The van der Waals surface area contributed by atoms with Gasteiger partial charge in [-0.05, 0) is 6.07 Å². The molecule has 2 N–H and O–H groups in total. The minimum atomic E-state index is -1.46. The van der Waals surface area contributed by atoms with Gasteiger partial charge in [-0.25, -0.2) is 9.18 Å². The number of quaternary nitrogens is 1. The normalized spacial score (nSPS) is 26.2. The number of hydroxylamine groups is 2. The van der Waals surface area contributed by atoms with Crippen LogP contribution in [0.5, 0.6) is 0 Å². The summed E-state index contributed by atoms with van der Waals surface area (Å²) in [5, 5.41) is 25.8. The Bertz CT molecular complexity index is 799. The summed E-state index contributed by atoms with van der Waals surface area (Å²) < 4.78 is 13.6. The van der Waals surface area contributed by atoms with E-state index in [0.717, 1.165) is 12.3 Å². The van der Waals surface area contributed by atoms with E-state index in [9.17, 15) is 24.3 Å². The summed E-state index contributed by atoms with van der Waals surface area (Å²) in [5.41, 5.74) is -0.284. The third-order valence-electron chi connectivity index (χ3n) is 5.03. The Kier molecular flexibility index (Phi) is 3.64. The molecule has 0 radical (unpaired) electrons. The number of carbonyl (C=O) groups is 2. The zero-order valence-corrected chi connectivity index (χ0v) is 13.5. The van der Waals surface area contributed by atoms with Crippen molar-refractivity contribution in [2.24, 2.45) is 0 Å². The molecule has 132 valence electrons. The van der Waals surface area contributed by atoms with Gasteiger partial charge < -0.3 is 20.5 Å². The van der Waals surface area contributed by atoms with Crippen LogP contribution in [0, 0.1) is 11.0 Å². The topological polar surface area (TPSA) is 92.7 Å². The molecular formula is C17H18FN3O4. The lowest BCUT2D eigenvalue weighted by Gasteiger charge is -2.43. The Morgan fingerprint density at radius 2 is 2.00 bits per heavy atom. The maximum absolute atomic E-state index is 14.6. The third kappa shape index (κ3) is 2.53. The predicted molar refractivity (Wildman–Crippen MR) is 89.7 cm³/mol. The largest absolute Gasteiger partial charge is 0.622 e. The van der Waals surface area contributed by atoms with Gasteiger partial charge in [-0.15, -0.1) is 0 Å². The minimum absolute atomic E-state index is 0.141. The second-order valence-electron chi connectivity index (χ2n) is 6.68. The summed E-state index contributed by atoms with van der Waals surface area (Å²) in [5.74, 6) is -2.87. The number of hydrogen-bond donors (Lipinski definition) is 2. The SMILES string of the molecule is O=C(O)C1=C[N+]([O-])(C2CC2)c2cc(N3CCNCC3)c(F)cc2C1=O. The van der Waals surface area contributed by atoms with Crippen LogP contribution in [0.2, 0.25) is 0 Å². The molecule has 1 aromatic rings. The Hall–Kier alpha value is -2.29. The Labute approximate surface area is 143 Å². The smallest absolute Gasteiger partial charge is 0.345 e. The molecule has 0 amide bonds. The molecule has 0 aromatic heterocycles. The number of carboxylic acid groups (broad SMARTS) is 1. The van der Waals surface area contributed by atoms with Gasteiger partial charge in [0.05, 0.1) is 17.3 Å². The molecule has 1 atom stereocenters. The first-order valence-corrected chi connectivity index (χ1v) is 8.32. The fraction of sp³-hybridized carbons (Fsp3) is 0.412. The quantitative estimate of drug-likeness (QED) is 0.487. The predicted octanol–water partition coefficient (Wildman–Crippen LogP) is 1.37. The molecular weight excluding hydrogens is 329 g/mol. The average Bonchev–Trinajstić information content (AvgIpc) is 3.44. The number of nitrogens with zero attached hydrogens (tertiary/aromatic N) is 2. The van der Waals surface area contributed by atoms with E-state index in [1.54, 1.807) is 0 Å². The summed E-state index contributed by atoms with van der Waals surface area (Å²) in [6, 6.07) is 2.15. The Balaban J connectivity index is 1.86. The number of anilines is 1. The summed E-state index contributed by atoms with van der Waals surface area (Å²) in [7, 11) is 0. The molecule has 4 rings (SSSR count). The van der Waals surface area contributed by atoms with Gasteiger partial charge in [-0.2, -0.15) is 0 Å². The molecule has 0 spiro atoms. The van der Waals surface area contributed by atoms with E-state index in [1.165, 1.54) is 6.07 Å². The zero-order valence-electron chi connectivity index (χ0n) is 13.5. The standard InChI is InChI=1S/C17H18FN3O4/c18-13-7-11-15(8-14(13)20-5-3-19-4-6-20)21(25,10-1-2-10)9-12(16(11)22)17(23)24/h7-10,19H,1-6H2,(H,23,24). The van der Waals surface area contributed by atoms with Crippen LogP contribution in [-0.4, -0.2) is 49.1 Å². The Morgan fingerprint density at radius 1 is 1.32 bits per heavy atom. The van der Waals surface area contributed by atoms with Gasteiger partial charge in [0.25, 0.3) is 0 Å². The number of hydrogen-bond acceptors (Lipinski definition) is 5. The lowest BCUT2D eigenvalue weighted by Crippen LogP contribution is -2.46. The molecule has 1 aromatic carbocycles. The molecule has 25 heavy (non-hydrogen) atoms. The Morgan fingerprint density at radius 3 is 2.60 bits per heavy atom. The van der Waals surface area contributed by atoms with Crippen LogP contribution in [0.4, 0.5) is 15.8 Å².